The lowest BCUT2D eigenvalue weighted by atomic mass is 9.67. The number of hydrogen-bond acceptors (Lipinski definition) is 4. The van der Waals surface area contributed by atoms with Gasteiger partial charge in [0.1, 0.15) is 5.69 Å². The van der Waals surface area contributed by atoms with E-state index < -0.39 is 0 Å². The molecule has 142 valence electrons. The Kier molecular flexibility index (Phi) is 7.03. The zero-order chi connectivity index (χ0) is 16.5. The molecule has 2 aliphatic carbocycles. The van der Waals surface area contributed by atoms with Gasteiger partial charge in [-0.2, -0.15) is 5.10 Å². The fourth-order valence-electron chi connectivity index (χ4n) is 4.33. The Morgan fingerprint density at radius 1 is 1.15 bits per heavy atom. The molecule has 0 saturated heterocycles. The summed E-state index contributed by atoms with van der Waals surface area (Å²) in [5.74, 6) is 1.57. The molecular weight excluding hydrogens is 373 g/mol. The SMILES string of the molecule is Cl.Cl.NC1CC2CCCC(C1)C2NC(=O)c1cccc(-n2cccn2)n1. The molecule has 6 nitrogen and oxygen atoms in total. The molecule has 0 aliphatic heterocycles. The van der Waals surface area contributed by atoms with Crippen molar-refractivity contribution in [1.82, 2.24) is 20.1 Å². The van der Waals surface area contributed by atoms with Crippen LogP contribution in [0.1, 0.15) is 42.6 Å². The highest BCUT2D eigenvalue weighted by molar-refractivity contribution is 5.92. The van der Waals surface area contributed by atoms with E-state index in [-0.39, 0.29) is 42.8 Å². The fourth-order valence-corrected chi connectivity index (χ4v) is 4.33. The maximum absolute atomic E-state index is 12.7. The van der Waals surface area contributed by atoms with Crippen molar-refractivity contribution in [2.24, 2.45) is 17.6 Å². The summed E-state index contributed by atoms with van der Waals surface area (Å²) in [6, 6.07) is 7.80. The Balaban J connectivity index is 0.00000121. The number of rotatable bonds is 3. The maximum Gasteiger partial charge on any atom is 0.270 e. The van der Waals surface area contributed by atoms with Crippen molar-refractivity contribution < 1.29 is 4.79 Å². The number of pyridine rings is 1. The molecule has 2 saturated carbocycles. The van der Waals surface area contributed by atoms with Crippen LogP contribution < -0.4 is 11.1 Å². The van der Waals surface area contributed by atoms with E-state index in [4.69, 9.17) is 5.73 Å². The third kappa shape index (κ3) is 4.19. The number of aromatic nitrogens is 3. The summed E-state index contributed by atoms with van der Waals surface area (Å²) in [6.07, 6.45) is 9.12. The highest BCUT2D eigenvalue weighted by Crippen LogP contribution is 2.39. The van der Waals surface area contributed by atoms with Crippen molar-refractivity contribution >= 4 is 30.7 Å². The van der Waals surface area contributed by atoms with Gasteiger partial charge in [0, 0.05) is 24.5 Å². The number of fused-ring (bicyclic) bond motifs is 2. The van der Waals surface area contributed by atoms with Gasteiger partial charge >= 0.3 is 0 Å². The third-order valence-electron chi connectivity index (χ3n) is 5.38. The lowest BCUT2D eigenvalue weighted by molar-refractivity contribution is 0.0751. The zero-order valence-corrected chi connectivity index (χ0v) is 16.1. The predicted molar refractivity (Wildman–Crippen MR) is 105 cm³/mol. The van der Waals surface area contributed by atoms with Crippen LogP contribution in [0, 0.1) is 11.8 Å². The third-order valence-corrected chi connectivity index (χ3v) is 5.38. The Labute approximate surface area is 165 Å². The molecule has 3 N–H and O–H groups in total. The smallest absolute Gasteiger partial charge is 0.270 e. The molecule has 2 aromatic rings. The second-order valence-electron chi connectivity index (χ2n) is 7.01. The average molecular weight is 398 g/mol. The Bertz CT molecular complexity index is 710. The molecule has 2 heterocycles. The monoisotopic (exact) mass is 397 g/mol. The second-order valence-corrected chi connectivity index (χ2v) is 7.01. The average Bonchev–Trinajstić information content (AvgIpc) is 3.10. The van der Waals surface area contributed by atoms with E-state index in [1.165, 1.54) is 6.42 Å². The van der Waals surface area contributed by atoms with Gasteiger partial charge < -0.3 is 11.1 Å². The first-order chi connectivity index (χ1) is 11.7. The lowest BCUT2D eigenvalue weighted by Crippen LogP contribution is -2.53. The highest BCUT2D eigenvalue weighted by Gasteiger charge is 2.40. The number of nitrogens with two attached hydrogens (primary N) is 1. The van der Waals surface area contributed by atoms with Crippen molar-refractivity contribution in [3.63, 3.8) is 0 Å². The van der Waals surface area contributed by atoms with Gasteiger partial charge in [-0.05, 0) is 55.7 Å². The first-order valence-corrected chi connectivity index (χ1v) is 8.74. The largest absolute Gasteiger partial charge is 0.347 e. The molecule has 2 unspecified atom stereocenters. The lowest BCUT2D eigenvalue weighted by Gasteiger charge is -2.45. The van der Waals surface area contributed by atoms with Crippen molar-refractivity contribution in [1.29, 1.82) is 0 Å². The van der Waals surface area contributed by atoms with Crippen LogP contribution in [0.2, 0.25) is 0 Å². The molecule has 2 bridgehead atoms. The van der Waals surface area contributed by atoms with Gasteiger partial charge in [0.2, 0.25) is 0 Å². The van der Waals surface area contributed by atoms with Crippen LogP contribution in [0.3, 0.4) is 0 Å². The first-order valence-electron chi connectivity index (χ1n) is 8.74. The number of halogens is 2. The molecule has 0 spiro atoms. The zero-order valence-electron chi connectivity index (χ0n) is 14.5. The van der Waals surface area contributed by atoms with Gasteiger partial charge in [0.05, 0.1) is 0 Å². The van der Waals surface area contributed by atoms with Crippen molar-refractivity contribution in [2.75, 3.05) is 0 Å². The second kappa shape index (κ2) is 8.84. The Morgan fingerprint density at radius 3 is 2.54 bits per heavy atom. The van der Waals surface area contributed by atoms with E-state index in [9.17, 15) is 4.79 Å². The van der Waals surface area contributed by atoms with E-state index in [2.05, 4.69) is 15.4 Å². The van der Waals surface area contributed by atoms with Crippen LogP contribution in [-0.2, 0) is 0 Å². The van der Waals surface area contributed by atoms with E-state index in [1.54, 1.807) is 16.9 Å². The van der Waals surface area contributed by atoms with Crippen LogP contribution in [0.15, 0.2) is 36.7 Å². The molecule has 8 heteroatoms. The van der Waals surface area contributed by atoms with Crippen LogP contribution >= 0.6 is 24.8 Å². The maximum atomic E-state index is 12.7. The van der Waals surface area contributed by atoms with E-state index in [0.717, 1.165) is 25.7 Å². The molecule has 26 heavy (non-hydrogen) atoms. The molecule has 2 fully saturated rings. The van der Waals surface area contributed by atoms with Gasteiger partial charge in [0.25, 0.3) is 5.91 Å². The molecular formula is C18H25Cl2N5O. The van der Waals surface area contributed by atoms with Crippen LogP contribution in [0.5, 0.6) is 0 Å². The van der Waals surface area contributed by atoms with Crippen molar-refractivity contribution in [3.05, 3.63) is 42.4 Å². The Morgan fingerprint density at radius 2 is 1.88 bits per heavy atom. The van der Waals surface area contributed by atoms with Gasteiger partial charge in [-0.3, -0.25) is 4.79 Å². The summed E-state index contributed by atoms with van der Waals surface area (Å²) in [5.41, 5.74) is 6.61. The molecule has 0 radical (unpaired) electrons. The standard InChI is InChI=1S/C18H23N5O.2ClH/c19-14-10-12-4-1-5-13(11-14)17(12)22-18(24)15-6-2-7-16(21-15)23-9-3-8-20-23;;/h2-3,6-9,12-14,17H,1,4-5,10-11,19H2,(H,22,24);2*1H. The normalized spacial score (nSPS) is 27.0. The van der Waals surface area contributed by atoms with Gasteiger partial charge in [-0.25, -0.2) is 9.67 Å². The summed E-state index contributed by atoms with van der Waals surface area (Å²) in [7, 11) is 0. The number of carbonyl (C=O) groups is 1. The van der Waals surface area contributed by atoms with E-state index >= 15 is 0 Å². The van der Waals surface area contributed by atoms with Crippen LogP contribution in [0.25, 0.3) is 5.82 Å². The summed E-state index contributed by atoms with van der Waals surface area (Å²) < 4.78 is 1.66. The van der Waals surface area contributed by atoms with Crippen molar-refractivity contribution in [2.45, 2.75) is 44.2 Å². The predicted octanol–water partition coefficient (Wildman–Crippen LogP) is 2.75. The van der Waals surface area contributed by atoms with Gasteiger partial charge in [-0.1, -0.05) is 12.5 Å². The number of nitrogens with zero attached hydrogens (tertiary/aromatic N) is 3. The number of hydrogen-bond donors (Lipinski definition) is 2. The number of amides is 1. The minimum Gasteiger partial charge on any atom is -0.347 e. The molecule has 2 atom stereocenters. The summed E-state index contributed by atoms with van der Waals surface area (Å²) in [4.78, 5) is 17.2. The van der Waals surface area contributed by atoms with Gasteiger partial charge in [0.15, 0.2) is 5.82 Å². The van der Waals surface area contributed by atoms with Crippen LogP contribution in [-0.4, -0.2) is 32.8 Å². The molecule has 1 amide bonds. The molecule has 2 aromatic heterocycles. The quantitative estimate of drug-likeness (QED) is 0.833. The van der Waals surface area contributed by atoms with E-state index in [0.29, 0.717) is 23.3 Å². The molecule has 4 rings (SSSR count). The Hall–Kier alpha value is -1.63. The minimum absolute atomic E-state index is 0. The van der Waals surface area contributed by atoms with E-state index in [1.807, 2.05) is 24.4 Å². The summed E-state index contributed by atoms with van der Waals surface area (Å²) in [5, 5.41) is 7.41. The first kappa shape index (κ1) is 20.7. The number of nitrogens with one attached hydrogen (secondary N) is 1. The van der Waals surface area contributed by atoms with Crippen LogP contribution in [0.4, 0.5) is 0 Å². The summed E-state index contributed by atoms with van der Waals surface area (Å²) >= 11 is 0. The minimum atomic E-state index is -0.0959. The number of carbonyl (C=O) groups excluding carboxylic acids is 1. The topological polar surface area (TPSA) is 85.8 Å². The molecule has 2 aliphatic rings. The molecule has 0 aromatic carbocycles. The summed E-state index contributed by atoms with van der Waals surface area (Å²) in [6.45, 7) is 0. The fraction of sp³-hybridized carbons (Fsp3) is 0.500. The highest BCUT2D eigenvalue weighted by atomic mass is 35.5. The van der Waals surface area contributed by atoms with Gasteiger partial charge in [-0.15, -0.1) is 24.8 Å². The van der Waals surface area contributed by atoms with Crippen molar-refractivity contribution in [3.8, 4) is 5.82 Å².